The Balaban J connectivity index is 1.22. The first-order valence-corrected chi connectivity index (χ1v) is 15.6. The minimum atomic E-state index is -5.45. The number of rotatable bonds is 9. The van der Waals surface area contributed by atoms with E-state index in [-0.39, 0.29) is 30.6 Å². The zero-order valence-corrected chi connectivity index (χ0v) is 24.6. The number of thioether (sulfide) groups is 1. The third-order valence-electron chi connectivity index (χ3n) is 7.13. The van der Waals surface area contributed by atoms with E-state index >= 15 is 0 Å². The molecule has 15 heteroatoms. The van der Waals surface area contributed by atoms with E-state index in [1.54, 1.807) is 31.2 Å². The number of alkyl halides is 3. The van der Waals surface area contributed by atoms with E-state index < -0.39 is 49.0 Å². The summed E-state index contributed by atoms with van der Waals surface area (Å²) in [5.74, 6) is -1.65. The maximum atomic E-state index is 14.8. The van der Waals surface area contributed by atoms with Gasteiger partial charge in [0.15, 0.2) is 6.29 Å². The molecule has 1 fully saturated rings. The Morgan fingerprint density at radius 1 is 1.07 bits per heavy atom. The van der Waals surface area contributed by atoms with E-state index in [1.165, 1.54) is 47.3 Å². The summed E-state index contributed by atoms with van der Waals surface area (Å²) < 4.78 is 104. The van der Waals surface area contributed by atoms with Crippen LogP contribution < -0.4 is 0 Å². The predicted molar refractivity (Wildman–Crippen MR) is 153 cm³/mol. The fourth-order valence-corrected chi connectivity index (χ4v) is 6.88. The maximum absolute atomic E-state index is 14.8. The van der Waals surface area contributed by atoms with Crippen LogP contribution in [0, 0.1) is 11.6 Å². The minimum absolute atomic E-state index is 0.0820. The Morgan fingerprint density at radius 3 is 2.43 bits per heavy atom. The summed E-state index contributed by atoms with van der Waals surface area (Å²) >= 11 is 1.32. The fourth-order valence-electron chi connectivity index (χ4n) is 4.76. The highest BCUT2D eigenvalue weighted by Crippen LogP contribution is 2.39. The number of benzene rings is 3. The highest BCUT2D eigenvalue weighted by atomic mass is 32.2. The molecule has 0 aliphatic carbocycles. The Hall–Kier alpha value is -3.37. The van der Waals surface area contributed by atoms with Crippen LogP contribution in [0.25, 0.3) is 16.8 Å². The summed E-state index contributed by atoms with van der Waals surface area (Å²) in [5.41, 5.74) is -6.57. The van der Waals surface area contributed by atoms with Crippen LogP contribution in [0.15, 0.2) is 78.2 Å². The second-order valence-electron chi connectivity index (χ2n) is 10.2. The van der Waals surface area contributed by atoms with Crippen LogP contribution in [0.1, 0.15) is 18.1 Å². The second-order valence-corrected chi connectivity index (χ2v) is 13.7. The van der Waals surface area contributed by atoms with Gasteiger partial charge in [-0.2, -0.15) is 18.3 Å². The molecular formula is C29H26F5N3O5S2. The lowest BCUT2D eigenvalue weighted by Gasteiger charge is -2.37. The molecule has 1 saturated heterocycles. The number of halogens is 5. The summed E-state index contributed by atoms with van der Waals surface area (Å²) in [5, 5.41) is 15.8. The van der Waals surface area contributed by atoms with Crippen molar-refractivity contribution in [2.75, 3.05) is 13.2 Å². The molecule has 1 aromatic heterocycles. The highest BCUT2D eigenvalue weighted by Gasteiger charge is 2.47. The molecule has 44 heavy (non-hydrogen) atoms. The fraction of sp³-hybridized carbons (Fsp3) is 0.310. The van der Waals surface area contributed by atoms with Gasteiger partial charge in [-0.1, -0.05) is 37.3 Å². The van der Waals surface area contributed by atoms with E-state index in [4.69, 9.17) is 9.47 Å². The molecule has 234 valence electrons. The van der Waals surface area contributed by atoms with Crippen LogP contribution in [0.3, 0.4) is 0 Å². The first-order valence-electron chi connectivity index (χ1n) is 13.2. The monoisotopic (exact) mass is 655 g/mol. The lowest BCUT2D eigenvalue weighted by atomic mass is 9.90. The van der Waals surface area contributed by atoms with Gasteiger partial charge in [-0.05, 0) is 46.7 Å². The van der Waals surface area contributed by atoms with Gasteiger partial charge in [0.05, 0.1) is 29.9 Å². The van der Waals surface area contributed by atoms with Crippen molar-refractivity contribution in [1.29, 1.82) is 0 Å². The van der Waals surface area contributed by atoms with Gasteiger partial charge in [-0.3, -0.25) is 0 Å². The van der Waals surface area contributed by atoms with Gasteiger partial charge in [-0.25, -0.2) is 26.9 Å². The molecule has 3 aromatic carbocycles. The van der Waals surface area contributed by atoms with E-state index in [2.05, 4.69) is 10.1 Å². The van der Waals surface area contributed by atoms with Crippen molar-refractivity contribution >= 4 is 38.4 Å². The molecule has 8 nitrogen and oxygen atoms in total. The lowest BCUT2D eigenvalue weighted by Crippen LogP contribution is -2.43. The molecule has 0 saturated carbocycles. The van der Waals surface area contributed by atoms with Crippen molar-refractivity contribution in [1.82, 2.24) is 14.8 Å². The lowest BCUT2D eigenvalue weighted by molar-refractivity contribution is -0.146. The van der Waals surface area contributed by atoms with Crippen LogP contribution in [-0.2, 0) is 31.5 Å². The molecule has 5 rings (SSSR count). The molecule has 2 unspecified atom stereocenters. The predicted octanol–water partition coefficient (Wildman–Crippen LogP) is 5.47. The van der Waals surface area contributed by atoms with Crippen LogP contribution in [0.2, 0.25) is 0 Å². The standard InChI is InChI=1S/C29H26F5N3O5S2/c1-18(28(38,15-37-17-35-16-36-37)25-8-6-22(30)12-26(25)31)43-23-13-41-27(42-14-23)9-3-19-2-4-21-11-24(7-5-20(21)10-19)44(39,40)29(32,33)34/h2-12,16-18,23,27,38H,13-15H2,1H3. The van der Waals surface area contributed by atoms with Gasteiger partial charge in [0, 0.05) is 16.9 Å². The van der Waals surface area contributed by atoms with Crippen LogP contribution in [-0.4, -0.2) is 63.8 Å². The topological polar surface area (TPSA) is 104 Å². The summed E-state index contributed by atoms with van der Waals surface area (Å²) in [6, 6.07) is 11.0. The third-order valence-corrected chi connectivity index (χ3v) is 10.1. The van der Waals surface area contributed by atoms with Gasteiger partial charge in [0.2, 0.25) is 0 Å². The van der Waals surface area contributed by atoms with E-state index in [0.29, 0.717) is 22.4 Å². The first kappa shape index (κ1) is 32.0. The van der Waals surface area contributed by atoms with Crippen LogP contribution in [0.5, 0.6) is 0 Å². The molecule has 0 spiro atoms. The normalized spacial score (nSPS) is 20.2. The SMILES string of the molecule is CC(SC1COC(C=Cc2ccc3cc(S(=O)(=O)C(F)(F)F)ccc3c2)OC1)C(O)(Cn1cncn1)c1ccc(F)cc1F. The summed E-state index contributed by atoms with van der Waals surface area (Å²) in [7, 11) is -5.45. The molecule has 0 amide bonds. The summed E-state index contributed by atoms with van der Waals surface area (Å²) in [6.07, 6.45) is 5.33. The molecule has 0 bridgehead atoms. The average Bonchev–Trinajstić information content (AvgIpc) is 3.48. The van der Waals surface area contributed by atoms with Crippen molar-refractivity contribution in [2.24, 2.45) is 0 Å². The smallest absolute Gasteiger partial charge is 0.382 e. The molecular weight excluding hydrogens is 629 g/mol. The summed E-state index contributed by atoms with van der Waals surface area (Å²) in [6.45, 7) is 2.07. The van der Waals surface area contributed by atoms with Gasteiger partial charge in [0.25, 0.3) is 9.84 Å². The number of fused-ring (bicyclic) bond motifs is 1. The van der Waals surface area contributed by atoms with E-state index in [1.807, 2.05) is 0 Å². The Kier molecular flexibility index (Phi) is 9.14. The van der Waals surface area contributed by atoms with Gasteiger partial charge in [-0.15, -0.1) is 11.8 Å². The number of hydrogen-bond acceptors (Lipinski definition) is 8. The quantitative estimate of drug-likeness (QED) is 0.237. The van der Waals surface area contributed by atoms with Crippen LogP contribution >= 0.6 is 11.8 Å². The molecule has 4 aromatic rings. The highest BCUT2D eigenvalue weighted by molar-refractivity contribution is 8.00. The molecule has 1 aliphatic rings. The largest absolute Gasteiger partial charge is 0.501 e. The van der Waals surface area contributed by atoms with Gasteiger partial charge in [0.1, 0.15) is 29.9 Å². The zero-order chi connectivity index (χ0) is 31.7. The second kappa shape index (κ2) is 12.6. The van der Waals surface area contributed by atoms with E-state index in [9.17, 15) is 35.5 Å². The molecule has 1 aliphatic heterocycles. The number of nitrogens with zero attached hydrogens (tertiary/aromatic N) is 3. The molecule has 2 heterocycles. The number of aromatic nitrogens is 3. The maximum Gasteiger partial charge on any atom is 0.501 e. The van der Waals surface area contributed by atoms with Gasteiger partial charge < -0.3 is 14.6 Å². The average molecular weight is 656 g/mol. The zero-order valence-electron chi connectivity index (χ0n) is 23.0. The first-order chi connectivity index (χ1) is 20.8. The number of ether oxygens (including phenoxy) is 2. The Morgan fingerprint density at radius 2 is 1.77 bits per heavy atom. The number of sulfone groups is 1. The van der Waals surface area contributed by atoms with Crippen molar-refractivity contribution in [3.05, 3.63) is 96.1 Å². The van der Waals surface area contributed by atoms with Gasteiger partial charge >= 0.3 is 5.51 Å². The third kappa shape index (κ3) is 6.81. The molecule has 2 atom stereocenters. The Bertz CT molecular complexity index is 1760. The van der Waals surface area contributed by atoms with Crippen LogP contribution in [0.4, 0.5) is 22.0 Å². The molecule has 1 N–H and O–H groups in total. The van der Waals surface area contributed by atoms with Crippen molar-refractivity contribution in [3.8, 4) is 0 Å². The number of hydrogen-bond donors (Lipinski definition) is 1. The van der Waals surface area contributed by atoms with Crippen molar-refractivity contribution in [3.63, 3.8) is 0 Å². The van der Waals surface area contributed by atoms with E-state index in [0.717, 1.165) is 18.2 Å². The van der Waals surface area contributed by atoms with Crippen molar-refractivity contribution < 1.29 is 45.0 Å². The summed E-state index contributed by atoms with van der Waals surface area (Å²) in [4.78, 5) is 3.04. The molecule has 0 radical (unpaired) electrons. The Labute approximate surface area is 253 Å². The van der Waals surface area contributed by atoms with Crippen molar-refractivity contribution in [2.45, 2.75) is 46.3 Å². The number of aliphatic hydroxyl groups is 1. The minimum Gasteiger partial charge on any atom is -0.382 e.